The molecule has 1 heterocycles. The summed E-state index contributed by atoms with van der Waals surface area (Å²) in [4.78, 5) is 18.0. The SMILES string of the molecule is Cc1cc(-n2c(/C=C/c3cccc(O)c3)nc3ccccc3c2=O)ccc1Br. The van der Waals surface area contributed by atoms with Crippen molar-refractivity contribution in [3.05, 3.63) is 98.5 Å². The van der Waals surface area contributed by atoms with Crippen LogP contribution in [0.2, 0.25) is 0 Å². The van der Waals surface area contributed by atoms with E-state index in [0.29, 0.717) is 16.7 Å². The minimum Gasteiger partial charge on any atom is -0.508 e. The average molecular weight is 433 g/mol. The monoisotopic (exact) mass is 432 g/mol. The molecule has 0 saturated carbocycles. The van der Waals surface area contributed by atoms with Crippen LogP contribution in [0.4, 0.5) is 0 Å². The molecule has 0 radical (unpaired) electrons. The van der Waals surface area contributed by atoms with Crippen molar-refractivity contribution in [2.45, 2.75) is 6.92 Å². The number of rotatable bonds is 3. The summed E-state index contributed by atoms with van der Waals surface area (Å²) in [6, 6.07) is 20.0. The number of aromatic hydroxyl groups is 1. The standard InChI is InChI=1S/C23H17BrN2O2/c1-15-13-17(10-11-20(15)24)26-22(12-9-16-5-4-6-18(27)14-16)25-21-8-3-2-7-19(21)23(26)28/h2-14,27H,1H3/b12-9+. The Morgan fingerprint density at radius 1 is 1.00 bits per heavy atom. The van der Waals surface area contributed by atoms with Gasteiger partial charge in [0, 0.05) is 4.47 Å². The van der Waals surface area contributed by atoms with Crippen LogP contribution in [0.1, 0.15) is 17.0 Å². The number of aryl methyl sites for hydroxylation is 1. The Kier molecular flexibility index (Phi) is 4.84. The molecule has 0 fully saturated rings. The predicted octanol–water partition coefficient (Wildman–Crippen LogP) is 5.33. The van der Waals surface area contributed by atoms with Crippen molar-refractivity contribution < 1.29 is 5.11 Å². The van der Waals surface area contributed by atoms with Gasteiger partial charge >= 0.3 is 0 Å². The second-order valence-corrected chi connectivity index (χ2v) is 7.34. The fourth-order valence-corrected chi connectivity index (χ4v) is 3.33. The average Bonchev–Trinajstić information content (AvgIpc) is 2.69. The molecule has 0 atom stereocenters. The minimum atomic E-state index is -0.122. The molecule has 0 saturated heterocycles. The number of hydrogen-bond acceptors (Lipinski definition) is 3. The Morgan fingerprint density at radius 2 is 1.82 bits per heavy atom. The summed E-state index contributed by atoms with van der Waals surface area (Å²) >= 11 is 3.51. The lowest BCUT2D eigenvalue weighted by molar-refractivity contribution is 0.475. The number of benzene rings is 3. The van der Waals surface area contributed by atoms with Gasteiger partial charge in [0.25, 0.3) is 5.56 Å². The molecule has 0 aliphatic heterocycles. The molecular weight excluding hydrogens is 416 g/mol. The molecular formula is C23H17BrN2O2. The van der Waals surface area contributed by atoms with Crippen LogP contribution in [-0.2, 0) is 0 Å². The second kappa shape index (κ2) is 7.44. The maximum Gasteiger partial charge on any atom is 0.266 e. The summed E-state index contributed by atoms with van der Waals surface area (Å²) < 4.78 is 2.59. The Morgan fingerprint density at radius 3 is 2.61 bits per heavy atom. The van der Waals surface area contributed by atoms with E-state index in [1.54, 1.807) is 34.9 Å². The zero-order valence-electron chi connectivity index (χ0n) is 15.1. The summed E-state index contributed by atoms with van der Waals surface area (Å²) in [7, 11) is 0. The van der Waals surface area contributed by atoms with Crippen molar-refractivity contribution >= 4 is 39.0 Å². The van der Waals surface area contributed by atoms with E-state index in [4.69, 9.17) is 4.98 Å². The van der Waals surface area contributed by atoms with E-state index < -0.39 is 0 Å². The van der Waals surface area contributed by atoms with Crippen molar-refractivity contribution in [1.82, 2.24) is 9.55 Å². The van der Waals surface area contributed by atoms with E-state index >= 15 is 0 Å². The lowest BCUT2D eigenvalue weighted by Crippen LogP contribution is -2.22. The predicted molar refractivity (Wildman–Crippen MR) is 117 cm³/mol. The molecule has 5 heteroatoms. The number of para-hydroxylation sites is 1. The molecule has 0 spiro atoms. The lowest BCUT2D eigenvalue weighted by atomic mass is 10.1. The first-order valence-corrected chi connectivity index (χ1v) is 9.58. The normalized spacial score (nSPS) is 11.4. The number of halogens is 1. The van der Waals surface area contributed by atoms with Gasteiger partial charge < -0.3 is 5.11 Å². The van der Waals surface area contributed by atoms with E-state index in [0.717, 1.165) is 21.3 Å². The van der Waals surface area contributed by atoms with Crippen LogP contribution in [0.3, 0.4) is 0 Å². The molecule has 1 aromatic heterocycles. The molecule has 28 heavy (non-hydrogen) atoms. The van der Waals surface area contributed by atoms with Crippen molar-refractivity contribution in [3.63, 3.8) is 0 Å². The van der Waals surface area contributed by atoms with Crippen LogP contribution in [0.25, 0.3) is 28.7 Å². The summed E-state index contributed by atoms with van der Waals surface area (Å²) in [5.41, 5.74) is 3.12. The van der Waals surface area contributed by atoms with Gasteiger partial charge in [0.05, 0.1) is 16.6 Å². The fraction of sp³-hybridized carbons (Fsp3) is 0.0435. The number of fused-ring (bicyclic) bond motifs is 1. The topological polar surface area (TPSA) is 55.1 Å². The molecule has 138 valence electrons. The third-order valence-electron chi connectivity index (χ3n) is 4.50. The maximum atomic E-state index is 13.2. The van der Waals surface area contributed by atoms with Crippen molar-refractivity contribution in [2.75, 3.05) is 0 Å². The highest BCUT2D eigenvalue weighted by Gasteiger charge is 2.11. The second-order valence-electron chi connectivity index (χ2n) is 6.49. The summed E-state index contributed by atoms with van der Waals surface area (Å²) in [6.07, 6.45) is 3.62. The molecule has 3 aromatic carbocycles. The van der Waals surface area contributed by atoms with E-state index in [2.05, 4.69) is 15.9 Å². The molecule has 4 rings (SSSR count). The van der Waals surface area contributed by atoms with Crippen LogP contribution in [0.15, 0.2) is 76.0 Å². The van der Waals surface area contributed by atoms with Gasteiger partial charge in [-0.15, -0.1) is 0 Å². The largest absolute Gasteiger partial charge is 0.508 e. The molecule has 4 aromatic rings. The Hall–Kier alpha value is -3.18. The highest BCUT2D eigenvalue weighted by molar-refractivity contribution is 9.10. The van der Waals surface area contributed by atoms with E-state index in [1.807, 2.05) is 55.5 Å². The zero-order valence-corrected chi connectivity index (χ0v) is 16.7. The number of phenolic OH excluding ortho intramolecular Hbond substituents is 1. The third-order valence-corrected chi connectivity index (χ3v) is 5.39. The van der Waals surface area contributed by atoms with E-state index in [9.17, 15) is 9.90 Å². The van der Waals surface area contributed by atoms with Crippen LogP contribution in [0, 0.1) is 6.92 Å². The van der Waals surface area contributed by atoms with Gasteiger partial charge in [0.2, 0.25) is 0 Å². The molecule has 0 aliphatic carbocycles. The molecule has 0 bridgehead atoms. The van der Waals surface area contributed by atoms with Gasteiger partial charge in [-0.3, -0.25) is 9.36 Å². The van der Waals surface area contributed by atoms with Gasteiger partial charge in [-0.05, 0) is 66.6 Å². The zero-order chi connectivity index (χ0) is 19.7. The first-order chi connectivity index (χ1) is 13.5. The van der Waals surface area contributed by atoms with Crippen LogP contribution >= 0.6 is 15.9 Å². The highest BCUT2D eigenvalue weighted by atomic mass is 79.9. The summed E-state index contributed by atoms with van der Waals surface area (Å²) in [5.74, 6) is 0.711. The van der Waals surface area contributed by atoms with Gasteiger partial charge in [-0.25, -0.2) is 4.98 Å². The molecule has 0 amide bonds. The van der Waals surface area contributed by atoms with Gasteiger partial charge in [-0.1, -0.05) is 46.3 Å². The van der Waals surface area contributed by atoms with Gasteiger partial charge in [0.1, 0.15) is 11.6 Å². The molecule has 1 N–H and O–H groups in total. The summed E-state index contributed by atoms with van der Waals surface area (Å²) in [5, 5.41) is 10.2. The fourth-order valence-electron chi connectivity index (χ4n) is 3.08. The highest BCUT2D eigenvalue weighted by Crippen LogP contribution is 2.21. The Balaban J connectivity index is 1.95. The van der Waals surface area contributed by atoms with Crippen molar-refractivity contribution in [1.29, 1.82) is 0 Å². The number of hydrogen-bond donors (Lipinski definition) is 1. The van der Waals surface area contributed by atoms with Gasteiger partial charge in [0.15, 0.2) is 0 Å². The quantitative estimate of drug-likeness (QED) is 0.475. The van der Waals surface area contributed by atoms with E-state index in [1.165, 1.54) is 0 Å². The van der Waals surface area contributed by atoms with E-state index in [-0.39, 0.29) is 11.3 Å². The smallest absolute Gasteiger partial charge is 0.266 e. The number of phenols is 1. The first kappa shape index (κ1) is 18.2. The van der Waals surface area contributed by atoms with Crippen molar-refractivity contribution in [3.8, 4) is 11.4 Å². The van der Waals surface area contributed by atoms with Gasteiger partial charge in [-0.2, -0.15) is 0 Å². The summed E-state index contributed by atoms with van der Waals surface area (Å²) in [6.45, 7) is 1.98. The maximum absolute atomic E-state index is 13.2. The molecule has 0 aliphatic rings. The van der Waals surface area contributed by atoms with Crippen molar-refractivity contribution in [2.24, 2.45) is 0 Å². The Labute approximate surface area is 170 Å². The van der Waals surface area contributed by atoms with Crippen LogP contribution in [0.5, 0.6) is 5.75 Å². The number of nitrogens with zero attached hydrogens (tertiary/aromatic N) is 2. The molecule has 4 nitrogen and oxygen atoms in total. The first-order valence-electron chi connectivity index (χ1n) is 8.78. The third kappa shape index (κ3) is 3.49. The number of aromatic nitrogens is 2. The Bertz CT molecular complexity index is 1280. The molecule has 0 unspecified atom stereocenters. The lowest BCUT2D eigenvalue weighted by Gasteiger charge is -2.12. The van der Waals surface area contributed by atoms with Crippen LogP contribution < -0.4 is 5.56 Å². The minimum absolute atomic E-state index is 0.122. The van der Waals surface area contributed by atoms with Crippen LogP contribution in [-0.4, -0.2) is 14.7 Å².